The van der Waals surface area contributed by atoms with Gasteiger partial charge in [-0.1, -0.05) is 29.0 Å². The van der Waals surface area contributed by atoms with E-state index in [0.29, 0.717) is 21.9 Å². The molecule has 1 aliphatic heterocycles. The first kappa shape index (κ1) is 15.9. The number of halogens is 1. The van der Waals surface area contributed by atoms with E-state index in [1.54, 1.807) is 6.92 Å². The van der Waals surface area contributed by atoms with Crippen LogP contribution in [0.1, 0.15) is 52.4 Å². The lowest BCUT2D eigenvalue weighted by molar-refractivity contribution is -0.117. The lowest BCUT2D eigenvalue weighted by Crippen LogP contribution is -2.31. The van der Waals surface area contributed by atoms with Crippen molar-refractivity contribution >= 4 is 28.4 Å². The Kier molecular flexibility index (Phi) is 5.93. The molecular formula is C16H24INO2. The number of Topliss-reactive ketones (excluding diaryl/α,β-unsaturated/α-hetero) is 1. The molecule has 0 bridgehead atoms. The van der Waals surface area contributed by atoms with E-state index in [2.05, 4.69) is 47.0 Å². The molecule has 1 aliphatic carbocycles. The molecule has 1 heterocycles. The molecule has 2 rings (SSSR count). The van der Waals surface area contributed by atoms with Gasteiger partial charge in [-0.25, -0.2) is 0 Å². The van der Waals surface area contributed by atoms with Gasteiger partial charge in [-0.3, -0.25) is 0 Å². The molecule has 3 nitrogen and oxygen atoms in total. The van der Waals surface area contributed by atoms with Crippen molar-refractivity contribution in [1.82, 2.24) is 5.32 Å². The summed E-state index contributed by atoms with van der Waals surface area (Å²) in [6.45, 7) is 3.79. The van der Waals surface area contributed by atoms with E-state index in [-0.39, 0.29) is 0 Å². The normalized spacial score (nSPS) is 30.1. The summed E-state index contributed by atoms with van der Waals surface area (Å²) < 4.78 is 6.44. The van der Waals surface area contributed by atoms with E-state index in [9.17, 15) is 4.79 Å². The molecule has 20 heavy (non-hydrogen) atoms. The molecule has 0 spiro atoms. The molecule has 4 heteroatoms. The highest BCUT2D eigenvalue weighted by molar-refractivity contribution is 14.1. The molecule has 112 valence electrons. The Morgan fingerprint density at radius 2 is 2.30 bits per heavy atom. The maximum absolute atomic E-state index is 11.1. The van der Waals surface area contributed by atoms with Crippen LogP contribution in [0, 0.1) is 5.92 Å². The Morgan fingerprint density at radius 3 is 3.00 bits per heavy atom. The van der Waals surface area contributed by atoms with Crippen molar-refractivity contribution in [3.8, 4) is 0 Å². The Labute approximate surface area is 135 Å². The van der Waals surface area contributed by atoms with Crippen molar-refractivity contribution in [3.63, 3.8) is 0 Å². The number of hydrogen-bond donors (Lipinski definition) is 1. The van der Waals surface area contributed by atoms with Crippen LogP contribution in [0.3, 0.4) is 0 Å². The highest BCUT2D eigenvalue weighted by Crippen LogP contribution is 2.31. The van der Waals surface area contributed by atoms with Crippen LogP contribution in [0.4, 0.5) is 0 Å². The van der Waals surface area contributed by atoms with Crippen molar-refractivity contribution < 1.29 is 9.53 Å². The lowest BCUT2D eigenvalue weighted by Gasteiger charge is -2.31. The van der Waals surface area contributed by atoms with Crippen molar-refractivity contribution in [3.05, 3.63) is 23.6 Å². The van der Waals surface area contributed by atoms with Crippen LogP contribution in [0.5, 0.6) is 0 Å². The van der Waals surface area contributed by atoms with Gasteiger partial charge in [0.2, 0.25) is 0 Å². The monoisotopic (exact) mass is 389 g/mol. The number of allylic oxidation sites excluding steroid dienone is 2. The van der Waals surface area contributed by atoms with Crippen LogP contribution in [0.15, 0.2) is 23.6 Å². The molecule has 1 N–H and O–H groups in total. The summed E-state index contributed by atoms with van der Waals surface area (Å²) >= 11 is 2.36. The summed E-state index contributed by atoms with van der Waals surface area (Å²) in [4.78, 5) is 11.1. The van der Waals surface area contributed by atoms with Gasteiger partial charge in [0.1, 0.15) is 11.9 Å². The van der Waals surface area contributed by atoms with Gasteiger partial charge in [-0.15, -0.1) is 0 Å². The summed E-state index contributed by atoms with van der Waals surface area (Å²) in [5.41, 5.74) is 1.25. The summed E-state index contributed by atoms with van der Waals surface area (Å²) in [5, 5.41) is 3.35. The van der Waals surface area contributed by atoms with E-state index in [4.69, 9.17) is 4.74 Å². The van der Waals surface area contributed by atoms with E-state index in [0.717, 1.165) is 31.6 Å². The third-order valence-electron chi connectivity index (χ3n) is 3.98. The summed E-state index contributed by atoms with van der Waals surface area (Å²) in [5.74, 6) is 1.86. The van der Waals surface area contributed by atoms with Gasteiger partial charge in [-0.2, -0.15) is 0 Å². The molecule has 1 fully saturated rings. The van der Waals surface area contributed by atoms with Crippen molar-refractivity contribution in [2.75, 3.05) is 0 Å². The maximum atomic E-state index is 11.1. The molecule has 0 saturated heterocycles. The first-order chi connectivity index (χ1) is 9.52. The van der Waals surface area contributed by atoms with Gasteiger partial charge in [0.25, 0.3) is 0 Å². The van der Waals surface area contributed by atoms with Crippen LogP contribution in [-0.2, 0) is 9.53 Å². The van der Waals surface area contributed by atoms with Gasteiger partial charge in [0.05, 0.1) is 4.05 Å². The van der Waals surface area contributed by atoms with Crippen LogP contribution in [0.2, 0.25) is 0 Å². The Balaban J connectivity index is 1.84. The van der Waals surface area contributed by atoms with E-state index in [1.807, 2.05) is 0 Å². The zero-order valence-electron chi connectivity index (χ0n) is 12.3. The second-order valence-corrected chi connectivity index (χ2v) is 7.32. The van der Waals surface area contributed by atoms with Gasteiger partial charge >= 0.3 is 0 Å². The number of ketones is 1. The average Bonchev–Trinajstić information content (AvgIpc) is 2.35. The first-order valence-electron chi connectivity index (χ1n) is 7.49. The Hall–Kier alpha value is -0.520. The van der Waals surface area contributed by atoms with Crippen LogP contribution < -0.4 is 5.32 Å². The molecule has 1 saturated carbocycles. The fourth-order valence-electron chi connectivity index (χ4n) is 2.97. The van der Waals surface area contributed by atoms with E-state index in [1.165, 1.54) is 18.4 Å². The molecule has 0 amide bonds. The number of carbonyl (C=O) groups is 1. The minimum Gasteiger partial charge on any atom is -0.476 e. The molecular weight excluding hydrogens is 365 g/mol. The smallest absolute Gasteiger partial charge is 0.188 e. The molecule has 0 aromatic carbocycles. The second kappa shape index (κ2) is 7.48. The SMILES string of the molecule is CC(=O)CCC1CCC[C@@H](OC2=CC(C)=CC(I)N2)C1. The maximum Gasteiger partial charge on any atom is 0.188 e. The molecule has 2 unspecified atom stereocenters. The number of rotatable bonds is 5. The fraction of sp³-hybridized carbons (Fsp3) is 0.688. The predicted octanol–water partition coefficient (Wildman–Crippen LogP) is 4.08. The van der Waals surface area contributed by atoms with Crippen LogP contribution in [0.25, 0.3) is 0 Å². The standard InChI is InChI=1S/C16H24INO2/c1-11-8-15(17)18-16(9-11)20-14-5-3-4-13(10-14)7-6-12(2)19/h8-9,13-15,18H,3-7,10H2,1-2H3/t13?,14-,15?/m1/s1. The second-order valence-electron chi connectivity index (χ2n) is 5.98. The number of carbonyl (C=O) groups excluding carboxylic acids is 1. The number of nitrogens with one attached hydrogen (secondary N) is 1. The minimum atomic E-state index is 0.300. The predicted molar refractivity (Wildman–Crippen MR) is 89.5 cm³/mol. The summed E-state index contributed by atoms with van der Waals surface area (Å²) in [7, 11) is 0. The van der Waals surface area contributed by atoms with Gasteiger partial charge in [0, 0.05) is 12.5 Å². The topological polar surface area (TPSA) is 38.3 Å². The Bertz CT molecular complexity index is 417. The average molecular weight is 389 g/mol. The van der Waals surface area contributed by atoms with Crippen LogP contribution in [-0.4, -0.2) is 15.9 Å². The fourth-order valence-corrected chi connectivity index (χ4v) is 3.84. The molecule has 2 aliphatic rings. The van der Waals surface area contributed by atoms with Crippen molar-refractivity contribution in [2.45, 2.75) is 62.5 Å². The highest BCUT2D eigenvalue weighted by atomic mass is 127. The summed E-state index contributed by atoms with van der Waals surface area (Å²) in [6, 6.07) is 0. The summed E-state index contributed by atoms with van der Waals surface area (Å²) in [6.07, 6.45) is 11.0. The van der Waals surface area contributed by atoms with Gasteiger partial charge in [0.15, 0.2) is 5.88 Å². The third kappa shape index (κ3) is 5.11. The van der Waals surface area contributed by atoms with Crippen molar-refractivity contribution in [2.24, 2.45) is 5.92 Å². The zero-order valence-corrected chi connectivity index (χ0v) is 14.5. The number of hydrogen-bond acceptors (Lipinski definition) is 3. The van der Waals surface area contributed by atoms with Gasteiger partial charge < -0.3 is 14.8 Å². The third-order valence-corrected chi connectivity index (χ3v) is 4.65. The minimum absolute atomic E-state index is 0.300. The molecule has 0 aromatic heterocycles. The van der Waals surface area contributed by atoms with E-state index < -0.39 is 0 Å². The highest BCUT2D eigenvalue weighted by Gasteiger charge is 2.24. The lowest BCUT2D eigenvalue weighted by atomic mass is 9.84. The Morgan fingerprint density at radius 1 is 1.50 bits per heavy atom. The largest absolute Gasteiger partial charge is 0.476 e. The zero-order chi connectivity index (χ0) is 14.5. The quantitative estimate of drug-likeness (QED) is 0.438. The molecule has 0 aromatic rings. The van der Waals surface area contributed by atoms with Crippen molar-refractivity contribution in [1.29, 1.82) is 0 Å². The first-order valence-corrected chi connectivity index (χ1v) is 8.74. The number of alkyl halides is 1. The van der Waals surface area contributed by atoms with E-state index >= 15 is 0 Å². The van der Waals surface area contributed by atoms with Gasteiger partial charge in [-0.05, 0) is 57.1 Å². The number of dihydropyridines is 1. The molecule has 3 atom stereocenters. The molecule has 0 radical (unpaired) electrons. The van der Waals surface area contributed by atoms with Crippen LogP contribution >= 0.6 is 22.6 Å². The number of ether oxygens (including phenoxy) is 1.